The second-order valence-electron chi connectivity index (χ2n) is 7.20. The normalized spacial score (nSPS) is 15.1. The van der Waals surface area contributed by atoms with Crippen molar-refractivity contribution in [2.45, 2.75) is 20.3 Å². The first-order chi connectivity index (χ1) is 13.0. The fourth-order valence-electron chi connectivity index (χ4n) is 3.18. The van der Waals surface area contributed by atoms with Gasteiger partial charge in [-0.15, -0.1) is 0 Å². The summed E-state index contributed by atoms with van der Waals surface area (Å²) in [5.74, 6) is 0.0955. The Morgan fingerprint density at radius 1 is 1.11 bits per heavy atom. The van der Waals surface area contributed by atoms with Crippen LogP contribution < -0.4 is 5.56 Å². The number of pyridine rings is 1. The fourth-order valence-corrected chi connectivity index (χ4v) is 3.18. The van der Waals surface area contributed by atoms with Gasteiger partial charge in [0.1, 0.15) is 0 Å². The molecule has 0 spiro atoms. The monoisotopic (exact) mass is 371 g/mol. The summed E-state index contributed by atoms with van der Waals surface area (Å²) in [4.78, 5) is 43.3. The maximum absolute atomic E-state index is 13.0. The van der Waals surface area contributed by atoms with Crippen molar-refractivity contribution >= 4 is 22.9 Å². The van der Waals surface area contributed by atoms with Gasteiger partial charge in [0.25, 0.3) is 5.91 Å². The van der Waals surface area contributed by atoms with Gasteiger partial charge in [0.05, 0.1) is 12.2 Å². The maximum Gasteiger partial charge on any atom is 0.409 e. The van der Waals surface area contributed by atoms with Gasteiger partial charge in [-0.05, 0) is 18.4 Å². The van der Waals surface area contributed by atoms with E-state index in [1.54, 1.807) is 15.9 Å². The third-order valence-electron chi connectivity index (χ3n) is 4.56. The van der Waals surface area contributed by atoms with Crippen molar-refractivity contribution < 1.29 is 14.3 Å². The first-order valence-corrected chi connectivity index (χ1v) is 9.28. The van der Waals surface area contributed by atoms with E-state index in [1.807, 2.05) is 32.0 Å². The predicted molar refractivity (Wildman–Crippen MR) is 103 cm³/mol. The molecule has 0 aliphatic carbocycles. The number of ether oxygens (including phenoxy) is 1. The van der Waals surface area contributed by atoms with Gasteiger partial charge >= 0.3 is 6.09 Å². The van der Waals surface area contributed by atoms with Crippen LogP contribution in [0.25, 0.3) is 10.9 Å². The van der Waals surface area contributed by atoms with Crippen molar-refractivity contribution in [1.29, 1.82) is 0 Å². The molecule has 2 aromatic rings. The zero-order valence-electron chi connectivity index (χ0n) is 15.7. The molecule has 2 heterocycles. The van der Waals surface area contributed by atoms with E-state index in [-0.39, 0.29) is 23.5 Å². The lowest BCUT2D eigenvalue weighted by atomic mass is 10.1. The van der Waals surface area contributed by atoms with Crippen molar-refractivity contribution in [1.82, 2.24) is 14.8 Å². The summed E-state index contributed by atoms with van der Waals surface area (Å²) in [6.45, 7) is 6.28. The highest BCUT2D eigenvalue weighted by Crippen LogP contribution is 2.18. The largest absolute Gasteiger partial charge is 0.449 e. The molecule has 1 aromatic heterocycles. The van der Waals surface area contributed by atoms with Gasteiger partial charge in [-0.2, -0.15) is 0 Å². The molecule has 1 aliphatic heterocycles. The van der Waals surface area contributed by atoms with E-state index in [9.17, 15) is 14.4 Å². The number of H-pyrrole nitrogens is 1. The average molecular weight is 371 g/mol. The summed E-state index contributed by atoms with van der Waals surface area (Å²) in [5.41, 5.74) is 0.734. The van der Waals surface area contributed by atoms with Crippen molar-refractivity contribution in [2.75, 3.05) is 32.8 Å². The number of para-hydroxylation sites is 1. The molecule has 2 amide bonds. The molecular weight excluding hydrogens is 346 g/mol. The van der Waals surface area contributed by atoms with Crippen LogP contribution in [0.5, 0.6) is 0 Å². The third-order valence-corrected chi connectivity index (χ3v) is 4.56. The molecule has 1 aliphatic rings. The minimum atomic E-state index is -0.334. The Morgan fingerprint density at radius 3 is 2.59 bits per heavy atom. The predicted octanol–water partition coefficient (Wildman–Crippen LogP) is 2.47. The van der Waals surface area contributed by atoms with E-state index in [4.69, 9.17) is 4.74 Å². The number of carbonyl (C=O) groups is 2. The molecule has 7 nitrogen and oxygen atoms in total. The van der Waals surface area contributed by atoms with Crippen molar-refractivity contribution in [3.63, 3.8) is 0 Å². The van der Waals surface area contributed by atoms with Crippen LogP contribution >= 0.6 is 0 Å². The molecule has 0 radical (unpaired) electrons. The summed E-state index contributed by atoms with van der Waals surface area (Å²) >= 11 is 0. The van der Waals surface area contributed by atoms with Gasteiger partial charge in [-0.25, -0.2) is 4.79 Å². The van der Waals surface area contributed by atoms with Gasteiger partial charge < -0.3 is 19.5 Å². The Kier molecular flexibility index (Phi) is 5.78. The Bertz CT molecular complexity index is 890. The van der Waals surface area contributed by atoms with Gasteiger partial charge in [0, 0.05) is 43.1 Å². The van der Waals surface area contributed by atoms with Crippen LogP contribution in [0.3, 0.4) is 0 Å². The molecule has 1 saturated heterocycles. The molecular formula is C20H25N3O4. The van der Waals surface area contributed by atoms with Crippen molar-refractivity contribution in [2.24, 2.45) is 5.92 Å². The second-order valence-corrected chi connectivity index (χ2v) is 7.20. The van der Waals surface area contributed by atoms with Gasteiger partial charge in [0.2, 0.25) is 5.56 Å². The van der Waals surface area contributed by atoms with Crippen LogP contribution in [0.2, 0.25) is 0 Å². The van der Waals surface area contributed by atoms with Crippen LogP contribution in [0, 0.1) is 5.92 Å². The number of amides is 2. The number of fused-ring (bicyclic) bond motifs is 1. The molecule has 0 unspecified atom stereocenters. The lowest BCUT2D eigenvalue weighted by Gasteiger charge is -2.22. The first kappa shape index (κ1) is 18.9. The van der Waals surface area contributed by atoms with E-state index >= 15 is 0 Å². The number of aromatic nitrogens is 1. The summed E-state index contributed by atoms with van der Waals surface area (Å²) in [5, 5.41) is 0.722. The number of nitrogens with zero attached hydrogens (tertiary/aromatic N) is 2. The Hall–Kier alpha value is -2.83. The third kappa shape index (κ3) is 4.48. The molecule has 144 valence electrons. The topological polar surface area (TPSA) is 82.7 Å². The Balaban J connectivity index is 1.74. The van der Waals surface area contributed by atoms with Gasteiger partial charge in [-0.1, -0.05) is 32.0 Å². The standard InChI is InChI=1S/C20H25N3O4/c1-14(2)13-27-20(26)23-9-5-8-22(10-11-23)19(25)16-12-18(24)21-17-7-4-3-6-15(16)17/h3-4,6-7,12,14H,5,8-11,13H2,1-2H3,(H,21,24). The number of nitrogens with one attached hydrogen (secondary N) is 1. The highest BCUT2D eigenvalue weighted by Gasteiger charge is 2.25. The summed E-state index contributed by atoms with van der Waals surface area (Å²) in [6.07, 6.45) is 0.337. The summed E-state index contributed by atoms with van der Waals surface area (Å²) in [7, 11) is 0. The quantitative estimate of drug-likeness (QED) is 0.898. The van der Waals surface area contributed by atoms with E-state index in [1.165, 1.54) is 6.07 Å². The van der Waals surface area contributed by atoms with E-state index in [0.29, 0.717) is 50.3 Å². The number of carbonyl (C=O) groups excluding carboxylic acids is 2. The number of hydrogen-bond acceptors (Lipinski definition) is 4. The highest BCUT2D eigenvalue weighted by atomic mass is 16.6. The molecule has 0 saturated carbocycles. The van der Waals surface area contributed by atoms with Gasteiger partial charge in [0.15, 0.2) is 0 Å². The van der Waals surface area contributed by atoms with Crippen LogP contribution in [-0.4, -0.2) is 59.6 Å². The minimum absolute atomic E-state index is 0.185. The zero-order valence-corrected chi connectivity index (χ0v) is 15.7. The lowest BCUT2D eigenvalue weighted by Crippen LogP contribution is -2.38. The maximum atomic E-state index is 13.0. The number of hydrogen-bond donors (Lipinski definition) is 1. The number of rotatable bonds is 3. The van der Waals surface area contributed by atoms with E-state index in [2.05, 4.69) is 4.98 Å². The lowest BCUT2D eigenvalue weighted by molar-refractivity contribution is 0.0748. The average Bonchev–Trinajstić information content (AvgIpc) is 2.91. The van der Waals surface area contributed by atoms with Crippen LogP contribution in [-0.2, 0) is 4.74 Å². The summed E-state index contributed by atoms with van der Waals surface area (Å²) < 4.78 is 5.29. The SMILES string of the molecule is CC(C)COC(=O)N1CCCN(C(=O)c2cc(=O)[nH]c3ccccc23)CC1. The van der Waals surface area contributed by atoms with E-state index in [0.717, 1.165) is 5.39 Å². The smallest absolute Gasteiger partial charge is 0.409 e. The van der Waals surface area contributed by atoms with Crippen molar-refractivity contribution in [3.8, 4) is 0 Å². The Labute approximate surface area is 157 Å². The minimum Gasteiger partial charge on any atom is -0.449 e. The molecule has 1 fully saturated rings. The molecule has 27 heavy (non-hydrogen) atoms. The van der Waals surface area contributed by atoms with Crippen LogP contribution in [0.1, 0.15) is 30.6 Å². The van der Waals surface area contributed by atoms with Crippen LogP contribution in [0.15, 0.2) is 35.1 Å². The van der Waals surface area contributed by atoms with E-state index < -0.39 is 0 Å². The summed E-state index contributed by atoms with van der Waals surface area (Å²) in [6, 6.07) is 8.62. The van der Waals surface area contributed by atoms with Crippen LogP contribution in [0.4, 0.5) is 4.79 Å². The molecule has 1 aromatic carbocycles. The highest BCUT2D eigenvalue weighted by molar-refractivity contribution is 6.05. The molecule has 0 atom stereocenters. The zero-order chi connectivity index (χ0) is 19.4. The van der Waals surface area contributed by atoms with Gasteiger partial charge in [-0.3, -0.25) is 9.59 Å². The van der Waals surface area contributed by atoms with Crippen molar-refractivity contribution in [3.05, 3.63) is 46.2 Å². The first-order valence-electron chi connectivity index (χ1n) is 9.28. The second kappa shape index (κ2) is 8.24. The molecule has 0 bridgehead atoms. The number of benzene rings is 1. The molecule has 3 rings (SSSR count). The molecule has 7 heteroatoms. The number of aromatic amines is 1. The molecule has 1 N–H and O–H groups in total. The Morgan fingerprint density at radius 2 is 1.81 bits per heavy atom. The fraction of sp³-hybridized carbons (Fsp3) is 0.450.